The summed E-state index contributed by atoms with van der Waals surface area (Å²) in [6.07, 6.45) is 0. The second-order valence-electron chi connectivity index (χ2n) is 6.84. The number of nitrogens with zero attached hydrogens (tertiary/aromatic N) is 6. The molecule has 2 heterocycles. The Bertz CT molecular complexity index is 1220. The molecule has 1 aliphatic heterocycles. The van der Waals surface area contributed by atoms with E-state index in [2.05, 4.69) is 15.1 Å². The molecular formula is C21H19FN6O3. The van der Waals surface area contributed by atoms with Crippen molar-refractivity contribution < 1.29 is 14.1 Å². The summed E-state index contributed by atoms with van der Waals surface area (Å²) in [6, 6.07) is 10.3. The maximum Gasteiger partial charge on any atom is 0.293 e. The number of carbonyl (C=O) groups excluding carboxylic acids is 1. The van der Waals surface area contributed by atoms with Gasteiger partial charge in [-0.3, -0.25) is 19.9 Å². The van der Waals surface area contributed by atoms with Crippen molar-refractivity contribution in [3.8, 4) is 5.69 Å². The summed E-state index contributed by atoms with van der Waals surface area (Å²) in [7, 11) is 0. The zero-order chi connectivity index (χ0) is 22.1. The number of halogens is 1. The van der Waals surface area contributed by atoms with Crippen molar-refractivity contribution in [2.75, 3.05) is 13.1 Å². The predicted molar refractivity (Wildman–Crippen MR) is 111 cm³/mol. The number of aliphatic imine (C=N–C) groups is 1. The second-order valence-corrected chi connectivity index (χ2v) is 6.84. The lowest BCUT2D eigenvalue weighted by Crippen LogP contribution is -2.31. The molecule has 10 heteroatoms. The zero-order valence-electron chi connectivity index (χ0n) is 16.9. The highest BCUT2D eigenvalue weighted by Gasteiger charge is 2.27. The minimum Gasteiger partial charge on any atom is -0.336 e. The average molecular weight is 422 g/mol. The maximum absolute atomic E-state index is 14.5. The van der Waals surface area contributed by atoms with E-state index in [4.69, 9.17) is 0 Å². The fourth-order valence-electron chi connectivity index (χ4n) is 3.51. The van der Waals surface area contributed by atoms with Gasteiger partial charge in [0.2, 0.25) is 5.82 Å². The summed E-state index contributed by atoms with van der Waals surface area (Å²) in [5.41, 5.74) is 1.09. The van der Waals surface area contributed by atoms with Gasteiger partial charge in [0.05, 0.1) is 22.9 Å². The summed E-state index contributed by atoms with van der Waals surface area (Å²) >= 11 is 0. The summed E-state index contributed by atoms with van der Waals surface area (Å²) < 4.78 is 16.0. The summed E-state index contributed by atoms with van der Waals surface area (Å²) in [4.78, 5) is 34.0. The Labute approximate surface area is 177 Å². The highest BCUT2D eigenvalue weighted by atomic mass is 19.1. The van der Waals surface area contributed by atoms with Crippen LogP contribution >= 0.6 is 0 Å². The molecular weight excluding hydrogens is 403 g/mol. The van der Waals surface area contributed by atoms with Gasteiger partial charge in [-0.25, -0.2) is 14.1 Å². The van der Waals surface area contributed by atoms with E-state index in [1.807, 2.05) is 13.8 Å². The predicted octanol–water partition coefficient (Wildman–Crippen LogP) is 3.15. The average Bonchev–Trinajstić information content (AvgIpc) is 3.13. The van der Waals surface area contributed by atoms with Gasteiger partial charge in [-0.15, -0.1) is 5.10 Å². The van der Waals surface area contributed by atoms with Gasteiger partial charge in [0.15, 0.2) is 5.82 Å². The van der Waals surface area contributed by atoms with Crippen LogP contribution in [0, 0.1) is 15.9 Å². The van der Waals surface area contributed by atoms with E-state index in [-0.39, 0.29) is 35.2 Å². The van der Waals surface area contributed by atoms with Gasteiger partial charge in [-0.1, -0.05) is 12.1 Å². The summed E-state index contributed by atoms with van der Waals surface area (Å²) in [5.74, 6) is -0.402. The van der Waals surface area contributed by atoms with Crippen molar-refractivity contribution in [2.45, 2.75) is 20.4 Å². The molecule has 0 saturated heterocycles. The Morgan fingerprint density at radius 1 is 1.19 bits per heavy atom. The lowest BCUT2D eigenvalue weighted by Gasteiger charge is -2.16. The topological polar surface area (TPSA) is 107 Å². The van der Waals surface area contributed by atoms with Crippen LogP contribution in [0.4, 0.5) is 10.1 Å². The van der Waals surface area contributed by atoms with Crippen LogP contribution in [0.25, 0.3) is 5.69 Å². The van der Waals surface area contributed by atoms with Crippen LogP contribution in [0.15, 0.2) is 47.5 Å². The third-order valence-electron chi connectivity index (χ3n) is 5.10. The van der Waals surface area contributed by atoms with E-state index in [1.54, 1.807) is 23.1 Å². The second kappa shape index (κ2) is 8.05. The minimum atomic E-state index is -0.526. The number of hydrogen-bond acceptors (Lipinski definition) is 6. The number of non-ortho nitro benzene ring substituents is 1. The number of hydrogen-bond donors (Lipinski definition) is 0. The molecule has 9 nitrogen and oxygen atoms in total. The van der Waals surface area contributed by atoms with E-state index >= 15 is 0 Å². The van der Waals surface area contributed by atoms with Crippen LogP contribution in [0.2, 0.25) is 0 Å². The largest absolute Gasteiger partial charge is 0.336 e. The molecule has 0 fully saturated rings. The number of nitro groups is 1. The number of carbonyl (C=O) groups is 1. The van der Waals surface area contributed by atoms with Gasteiger partial charge in [0, 0.05) is 36.3 Å². The molecule has 3 aromatic rings. The first-order valence-corrected chi connectivity index (χ1v) is 9.78. The lowest BCUT2D eigenvalue weighted by atomic mass is 9.99. The number of benzene rings is 2. The molecule has 0 spiro atoms. The van der Waals surface area contributed by atoms with Crippen molar-refractivity contribution in [3.05, 3.63) is 81.2 Å². The maximum atomic E-state index is 14.5. The van der Waals surface area contributed by atoms with E-state index < -0.39 is 10.7 Å². The lowest BCUT2D eigenvalue weighted by molar-refractivity contribution is -0.384. The zero-order valence-corrected chi connectivity index (χ0v) is 16.9. The van der Waals surface area contributed by atoms with Gasteiger partial charge in [0.1, 0.15) is 5.82 Å². The first-order chi connectivity index (χ1) is 14.9. The molecule has 0 bridgehead atoms. The molecule has 1 amide bonds. The van der Waals surface area contributed by atoms with Gasteiger partial charge >= 0.3 is 0 Å². The fourth-order valence-corrected chi connectivity index (χ4v) is 3.51. The molecule has 31 heavy (non-hydrogen) atoms. The molecule has 4 rings (SSSR count). The number of nitro benzene ring substituents is 1. The van der Waals surface area contributed by atoms with Gasteiger partial charge in [0.25, 0.3) is 11.6 Å². The SMILES string of the molecule is CCN(CC)C(=O)c1nc2n(n1)-c1ccc([N+](=O)[O-])cc1C(c1ccccc1F)=NC2. The minimum absolute atomic E-state index is 0.0209. The van der Waals surface area contributed by atoms with Gasteiger partial charge in [-0.2, -0.15) is 0 Å². The molecule has 0 aliphatic carbocycles. The molecule has 0 radical (unpaired) electrons. The van der Waals surface area contributed by atoms with Crippen LogP contribution < -0.4 is 0 Å². The Morgan fingerprint density at radius 2 is 1.94 bits per heavy atom. The molecule has 0 atom stereocenters. The number of fused-ring (bicyclic) bond motifs is 3. The van der Waals surface area contributed by atoms with Gasteiger partial charge < -0.3 is 4.90 Å². The smallest absolute Gasteiger partial charge is 0.293 e. The third kappa shape index (κ3) is 3.56. The van der Waals surface area contributed by atoms with E-state index in [9.17, 15) is 19.3 Å². The van der Waals surface area contributed by atoms with Crippen LogP contribution in [-0.4, -0.2) is 49.3 Å². The summed E-state index contributed by atoms with van der Waals surface area (Å²) in [6.45, 7) is 4.78. The van der Waals surface area contributed by atoms with Crippen molar-refractivity contribution in [2.24, 2.45) is 4.99 Å². The van der Waals surface area contributed by atoms with Crippen LogP contribution in [0.3, 0.4) is 0 Å². The Kier molecular flexibility index (Phi) is 5.28. The monoisotopic (exact) mass is 422 g/mol. The number of rotatable bonds is 5. The molecule has 1 aromatic heterocycles. The normalized spacial score (nSPS) is 12.4. The van der Waals surface area contributed by atoms with Crippen LogP contribution in [0.1, 0.15) is 41.4 Å². The van der Waals surface area contributed by atoms with Gasteiger partial charge in [-0.05, 0) is 32.0 Å². The number of amides is 1. The molecule has 2 aromatic carbocycles. The first-order valence-electron chi connectivity index (χ1n) is 9.78. The highest BCUT2D eigenvalue weighted by Crippen LogP contribution is 2.28. The third-order valence-corrected chi connectivity index (χ3v) is 5.10. The van der Waals surface area contributed by atoms with Crippen molar-refractivity contribution in [1.82, 2.24) is 19.7 Å². The number of aromatic nitrogens is 3. The Morgan fingerprint density at radius 3 is 2.61 bits per heavy atom. The van der Waals surface area contributed by atoms with Crippen LogP contribution in [-0.2, 0) is 6.54 Å². The quantitative estimate of drug-likeness (QED) is 0.464. The Balaban J connectivity index is 1.90. The van der Waals surface area contributed by atoms with Crippen molar-refractivity contribution in [3.63, 3.8) is 0 Å². The van der Waals surface area contributed by atoms with E-state index in [0.717, 1.165) is 0 Å². The Hall–Kier alpha value is -3.95. The van der Waals surface area contributed by atoms with Crippen molar-refractivity contribution in [1.29, 1.82) is 0 Å². The van der Waals surface area contributed by atoms with Crippen LogP contribution in [0.5, 0.6) is 0 Å². The summed E-state index contributed by atoms with van der Waals surface area (Å²) in [5, 5.41) is 15.7. The van der Waals surface area contributed by atoms with E-state index in [0.29, 0.717) is 30.2 Å². The molecule has 1 aliphatic rings. The van der Waals surface area contributed by atoms with E-state index in [1.165, 1.54) is 28.9 Å². The van der Waals surface area contributed by atoms with Crippen molar-refractivity contribution >= 4 is 17.3 Å². The molecule has 0 N–H and O–H groups in total. The first kappa shape index (κ1) is 20.3. The molecule has 0 saturated carbocycles. The molecule has 158 valence electrons. The highest BCUT2D eigenvalue weighted by molar-refractivity contribution is 6.15. The standard InChI is InChI=1S/C21H19FN6O3/c1-3-26(4-2)21(29)20-24-18-12-23-19(14-7-5-6-8-16(14)22)15-11-13(28(30)31)9-10-17(15)27(18)25-20/h5-11H,3-4,12H2,1-2H3. The fraction of sp³-hybridized carbons (Fsp3) is 0.238. The molecule has 0 unspecified atom stereocenters.